The van der Waals surface area contributed by atoms with Crippen LogP contribution in [0, 0.1) is 17.8 Å². The maximum absolute atomic E-state index is 14.5. The lowest BCUT2D eigenvalue weighted by atomic mass is 9.83. The van der Waals surface area contributed by atoms with Gasteiger partial charge in [-0.1, -0.05) is 103 Å². The van der Waals surface area contributed by atoms with E-state index in [1.54, 1.807) is 45.2 Å². The molecular weight excluding hydrogens is 827 g/mol. The standard InChI is InChI=1S/C46H75N7O11/c1-7-8-9-16-22-38-32(5)44(58)53(6)37(25-30(2)3)42(56)52-39(34-20-14-11-15-21-34)43(57)50-35(26-48-46(61)64-28-33-18-12-10-13-19-33)40(54)51-36(41(55)49-31(4)27-63-38)29-62-24-17-23-47-45(59)60/h10,12-13,18-19,30-32,34-39,47H,7-9,11,14-17,20-29H2,1-6H3,(H,48,61)(H,49,55)(H,50,57)(H,51,54)(H,52,56)(H,59,60)/t31-,32-,35+,36+,37+,38-,39+/m1/s1. The quantitative estimate of drug-likeness (QED) is 0.104. The van der Waals surface area contributed by atoms with Gasteiger partial charge in [0.05, 0.1) is 31.8 Å². The molecule has 7 amide bonds. The number of carbonyl (C=O) groups excluding carboxylic acids is 6. The Morgan fingerprint density at radius 2 is 1.55 bits per heavy atom. The molecule has 1 saturated carbocycles. The maximum atomic E-state index is 14.5. The highest BCUT2D eigenvalue weighted by molar-refractivity contribution is 5.96. The first-order valence-corrected chi connectivity index (χ1v) is 23.2. The van der Waals surface area contributed by atoms with E-state index in [4.69, 9.17) is 19.3 Å². The average molecular weight is 902 g/mol. The maximum Gasteiger partial charge on any atom is 0.407 e. The first-order chi connectivity index (χ1) is 30.6. The number of likely N-dealkylation sites (N-methyl/N-ethyl adjacent to an activating group) is 1. The number of ether oxygens (including phenoxy) is 3. The van der Waals surface area contributed by atoms with Gasteiger partial charge in [-0.25, -0.2) is 9.59 Å². The van der Waals surface area contributed by atoms with E-state index in [0.717, 1.165) is 50.5 Å². The van der Waals surface area contributed by atoms with Gasteiger partial charge in [-0.15, -0.1) is 0 Å². The molecule has 0 radical (unpaired) electrons. The molecule has 360 valence electrons. The molecule has 2 fully saturated rings. The van der Waals surface area contributed by atoms with Gasteiger partial charge in [-0.05, 0) is 56.4 Å². The molecule has 0 aromatic heterocycles. The number of nitrogens with one attached hydrogen (secondary N) is 6. The number of rotatable bonds is 18. The number of benzene rings is 1. The second-order valence-electron chi connectivity index (χ2n) is 17.6. The van der Waals surface area contributed by atoms with E-state index in [9.17, 15) is 33.6 Å². The van der Waals surface area contributed by atoms with Crippen molar-refractivity contribution < 1.29 is 52.9 Å². The highest BCUT2D eigenvalue weighted by Crippen LogP contribution is 2.28. The molecule has 1 aliphatic heterocycles. The third kappa shape index (κ3) is 19.0. The molecule has 1 aromatic rings. The van der Waals surface area contributed by atoms with Crippen LogP contribution < -0.4 is 31.9 Å². The molecule has 18 nitrogen and oxygen atoms in total. The summed E-state index contributed by atoms with van der Waals surface area (Å²) in [5.41, 5.74) is 0.731. The summed E-state index contributed by atoms with van der Waals surface area (Å²) in [6.07, 6.45) is 6.28. The SMILES string of the molecule is CCCCCC[C@H]1OC[C@@H](C)NC(=O)[C@H](COCCCNC(=O)O)NC(=O)[C@H](CNC(=O)OCc2ccccc2)NC(=O)[C@H](C2CCCCC2)NC(=O)[C@H](CC(C)C)N(C)C(=O)[C@@H]1C. The normalized spacial score (nSPS) is 24.9. The molecule has 0 unspecified atom stereocenters. The van der Waals surface area contributed by atoms with E-state index < -0.39 is 84.6 Å². The molecule has 7 atom stereocenters. The Hall–Kier alpha value is -4.97. The van der Waals surface area contributed by atoms with Gasteiger partial charge in [0.2, 0.25) is 29.5 Å². The molecule has 18 heteroatoms. The minimum absolute atomic E-state index is 0.00885. The van der Waals surface area contributed by atoms with Crippen molar-refractivity contribution >= 4 is 41.7 Å². The Morgan fingerprint density at radius 1 is 0.859 bits per heavy atom. The van der Waals surface area contributed by atoms with Crippen LogP contribution in [0.3, 0.4) is 0 Å². The monoisotopic (exact) mass is 902 g/mol. The fraction of sp³-hybridized carbons (Fsp3) is 0.717. The van der Waals surface area contributed by atoms with Gasteiger partial charge in [0.15, 0.2) is 0 Å². The smallest absolute Gasteiger partial charge is 0.407 e. The largest absolute Gasteiger partial charge is 0.465 e. The number of carbonyl (C=O) groups is 7. The average Bonchev–Trinajstić information content (AvgIpc) is 3.27. The molecular formula is C46H75N7O11. The molecule has 0 bridgehead atoms. The van der Waals surface area contributed by atoms with E-state index in [1.165, 1.54) is 4.90 Å². The zero-order valence-electron chi connectivity index (χ0n) is 38.8. The number of unbranched alkanes of at least 4 members (excludes halogenated alkanes) is 3. The Kier molecular flexibility index (Phi) is 24.0. The van der Waals surface area contributed by atoms with Crippen molar-refractivity contribution in [3.63, 3.8) is 0 Å². The number of hydrogen-bond acceptors (Lipinski definition) is 10. The molecule has 7 N–H and O–H groups in total. The summed E-state index contributed by atoms with van der Waals surface area (Å²) in [5, 5.41) is 25.1. The van der Waals surface area contributed by atoms with Gasteiger partial charge in [0, 0.05) is 26.2 Å². The molecule has 3 rings (SSSR count). The van der Waals surface area contributed by atoms with Crippen LogP contribution in [0.4, 0.5) is 9.59 Å². The Balaban J connectivity index is 2.03. The van der Waals surface area contributed by atoms with E-state index in [0.29, 0.717) is 25.7 Å². The molecule has 2 aliphatic rings. The summed E-state index contributed by atoms with van der Waals surface area (Å²) < 4.78 is 17.5. The molecule has 1 aliphatic carbocycles. The molecule has 0 spiro atoms. The molecule has 1 heterocycles. The minimum atomic E-state index is -1.46. The lowest BCUT2D eigenvalue weighted by molar-refractivity contribution is -0.147. The van der Waals surface area contributed by atoms with Gasteiger partial charge in [0.1, 0.15) is 30.8 Å². The van der Waals surface area contributed by atoms with E-state index in [2.05, 4.69) is 38.8 Å². The lowest BCUT2D eigenvalue weighted by Gasteiger charge is -2.36. The Bertz CT molecular complexity index is 1630. The number of amides is 7. The minimum Gasteiger partial charge on any atom is -0.465 e. The summed E-state index contributed by atoms with van der Waals surface area (Å²) in [5.74, 6) is -3.83. The second kappa shape index (κ2) is 28.7. The van der Waals surface area contributed by atoms with Crippen LogP contribution in [0.1, 0.15) is 117 Å². The van der Waals surface area contributed by atoms with Gasteiger partial charge in [0.25, 0.3) is 0 Å². The summed E-state index contributed by atoms with van der Waals surface area (Å²) in [6.45, 7) is 8.91. The van der Waals surface area contributed by atoms with Crippen molar-refractivity contribution in [1.82, 2.24) is 36.8 Å². The Labute approximate surface area is 378 Å². The third-order valence-corrected chi connectivity index (χ3v) is 11.7. The zero-order valence-corrected chi connectivity index (χ0v) is 38.8. The molecule has 64 heavy (non-hydrogen) atoms. The van der Waals surface area contributed by atoms with E-state index in [1.807, 2.05) is 19.9 Å². The summed E-state index contributed by atoms with van der Waals surface area (Å²) in [4.78, 5) is 96.9. The van der Waals surface area contributed by atoms with Crippen LogP contribution in [0.25, 0.3) is 0 Å². The molecule has 1 saturated heterocycles. The van der Waals surface area contributed by atoms with Crippen molar-refractivity contribution in [3.05, 3.63) is 35.9 Å². The number of hydrogen-bond donors (Lipinski definition) is 7. The Morgan fingerprint density at radius 3 is 2.22 bits per heavy atom. The number of nitrogens with zero attached hydrogens (tertiary/aromatic N) is 1. The van der Waals surface area contributed by atoms with Gasteiger partial charge in [-0.3, -0.25) is 24.0 Å². The van der Waals surface area contributed by atoms with E-state index >= 15 is 0 Å². The zero-order chi connectivity index (χ0) is 47.0. The molecule has 1 aromatic carbocycles. The highest BCUT2D eigenvalue weighted by Gasteiger charge is 2.39. The fourth-order valence-corrected chi connectivity index (χ4v) is 8.00. The summed E-state index contributed by atoms with van der Waals surface area (Å²) in [7, 11) is 1.61. The summed E-state index contributed by atoms with van der Waals surface area (Å²) in [6, 6.07) is 3.61. The predicted octanol–water partition coefficient (Wildman–Crippen LogP) is 4.00. The van der Waals surface area contributed by atoms with Gasteiger partial charge in [-0.2, -0.15) is 0 Å². The van der Waals surface area contributed by atoms with Crippen LogP contribution >= 0.6 is 0 Å². The summed E-state index contributed by atoms with van der Waals surface area (Å²) >= 11 is 0. The van der Waals surface area contributed by atoms with Crippen molar-refractivity contribution in [2.75, 3.05) is 40.0 Å². The van der Waals surface area contributed by atoms with Crippen LogP contribution in [0.15, 0.2) is 30.3 Å². The van der Waals surface area contributed by atoms with Crippen LogP contribution in [-0.4, -0.2) is 128 Å². The van der Waals surface area contributed by atoms with Crippen molar-refractivity contribution in [2.45, 2.75) is 155 Å². The van der Waals surface area contributed by atoms with Crippen molar-refractivity contribution in [1.29, 1.82) is 0 Å². The number of alkyl carbamates (subject to hydrolysis) is 1. The first kappa shape index (κ1) is 53.4. The van der Waals surface area contributed by atoms with Crippen LogP contribution in [0.5, 0.6) is 0 Å². The third-order valence-electron chi connectivity index (χ3n) is 11.7. The van der Waals surface area contributed by atoms with Crippen LogP contribution in [-0.2, 0) is 44.8 Å². The first-order valence-electron chi connectivity index (χ1n) is 23.2. The van der Waals surface area contributed by atoms with Crippen molar-refractivity contribution in [3.8, 4) is 0 Å². The fourth-order valence-electron chi connectivity index (χ4n) is 8.00. The van der Waals surface area contributed by atoms with Gasteiger partial charge < -0.3 is 56.1 Å². The topological polar surface area (TPSA) is 243 Å². The number of carboxylic acid groups (broad SMARTS) is 1. The van der Waals surface area contributed by atoms with Crippen LogP contribution in [0.2, 0.25) is 0 Å². The van der Waals surface area contributed by atoms with Crippen molar-refractivity contribution in [2.24, 2.45) is 17.8 Å². The predicted molar refractivity (Wildman–Crippen MR) is 240 cm³/mol. The van der Waals surface area contributed by atoms with E-state index in [-0.39, 0.29) is 57.1 Å². The van der Waals surface area contributed by atoms with Gasteiger partial charge >= 0.3 is 12.2 Å². The second-order valence-corrected chi connectivity index (χ2v) is 17.6. The highest BCUT2D eigenvalue weighted by atomic mass is 16.5. The lowest BCUT2D eigenvalue weighted by Crippen LogP contribution is -2.62.